The van der Waals surface area contributed by atoms with Gasteiger partial charge in [-0.05, 0) is 43.7 Å². The lowest BCUT2D eigenvalue weighted by atomic mass is 10.0. The number of nitriles is 1. The fourth-order valence-electron chi connectivity index (χ4n) is 2.96. The van der Waals surface area contributed by atoms with Crippen molar-refractivity contribution in [3.63, 3.8) is 0 Å². The van der Waals surface area contributed by atoms with E-state index in [0.29, 0.717) is 10.9 Å². The van der Waals surface area contributed by atoms with E-state index in [-0.39, 0.29) is 5.56 Å². The maximum atomic E-state index is 12.2. The minimum Gasteiger partial charge on any atom is -0.371 e. The molecule has 124 valence electrons. The highest BCUT2D eigenvalue weighted by Crippen LogP contribution is 2.35. The van der Waals surface area contributed by atoms with Crippen LogP contribution in [0.4, 0.5) is 5.69 Å². The van der Waals surface area contributed by atoms with Crippen molar-refractivity contribution in [2.45, 2.75) is 24.4 Å². The molecule has 3 rings (SSSR count). The number of H-pyrrole nitrogens is 1. The molecule has 1 N–H and O–H groups in total. The number of hydrogen-bond acceptors (Lipinski definition) is 5. The van der Waals surface area contributed by atoms with Gasteiger partial charge in [0, 0.05) is 28.8 Å². The first-order valence-corrected chi connectivity index (χ1v) is 9.79. The normalized spacial score (nSPS) is 14.5. The van der Waals surface area contributed by atoms with Crippen LogP contribution < -0.4 is 10.5 Å². The van der Waals surface area contributed by atoms with Crippen LogP contribution in [0.2, 0.25) is 0 Å². The van der Waals surface area contributed by atoms with E-state index in [9.17, 15) is 10.1 Å². The molecular formula is C17H17BrN4OS. The van der Waals surface area contributed by atoms with Gasteiger partial charge in [-0.25, -0.2) is 4.98 Å². The number of thioether (sulfide) groups is 1. The SMILES string of the molecule is CSc1nc(-c2cc(Br)ccc2N2CCCCC2)c(C#N)c(=O)[nH]1. The first kappa shape index (κ1) is 17.1. The molecule has 0 atom stereocenters. The molecule has 0 aliphatic carbocycles. The van der Waals surface area contributed by atoms with Gasteiger partial charge in [0.25, 0.3) is 5.56 Å². The van der Waals surface area contributed by atoms with Crippen molar-refractivity contribution >= 4 is 33.4 Å². The van der Waals surface area contributed by atoms with Crippen LogP contribution in [0.25, 0.3) is 11.3 Å². The lowest BCUT2D eigenvalue weighted by Crippen LogP contribution is -2.30. The summed E-state index contributed by atoms with van der Waals surface area (Å²) in [7, 11) is 0. The second-order valence-corrected chi connectivity index (χ2v) is 7.33. The number of hydrogen-bond donors (Lipinski definition) is 1. The van der Waals surface area contributed by atoms with Gasteiger partial charge in [0.1, 0.15) is 11.6 Å². The average molecular weight is 405 g/mol. The van der Waals surface area contributed by atoms with E-state index in [1.54, 1.807) is 0 Å². The third-order valence-corrected chi connectivity index (χ3v) is 5.19. The number of aromatic nitrogens is 2. The van der Waals surface area contributed by atoms with E-state index >= 15 is 0 Å². The molecule has 1 saturated heterocycles. The van der Waals surface area contributed by atoms with Crippen LogP contribution in [0.5, 0.6) is 0 Å². The van der Waals surface area contributed by atoms with Crippen molar-refractivity contribution in [3.8, 4) is 17.3 Å². The van der Waals surface area contributed by atoms with E-state index in [0.717, 1.165) is 41.7 Å². The number of nitrogens with zero attached hydrogens (tertiary/aromatic N) is 3. The number of rotatable bonds is 3. The first-order chi connectivity index (χ1) is 11.6. The van der Waals surface area contributed by atoms with Crippen molar-refractivity contribution in [1.82, 2.24) is 9.97 Å². The molecule has 0 bridgehead atoms. The van der Waals surface area contributed by atoms with Crippen molar-refractivity contribution in [2.75, 3.05) is 24.2 Å². The fraction of sp³-hybridized carbons (Fsp3) is 0.353. The third-order valence-electron chi connectivity index (χ3n) is 4.11. The van der Waals surface area contributed by atoms with Gasteiger partial charge in [0.2, 0.25) is 0 Å². The summed E-state index contributed by atoms with van der Waals surface area (Å²) in [5.41, 5.74) is 1.97. The Morgan fingerprint density at radius 2 is 2.08 bits per heavy atom. The van der Waals surface area contributed by atoms with Crippen LogP contribution in [0, 0.1) is 11.3 Å². The number of nitrogens with one attached hydrogen (secondary N) is 1. The zero-order valence-corrected chi connectivity index (χ0v) is 15.7. The number of halogens is 1. The Morgan fingerprint density at radius 1 is 1.33 bits per heavy atom. The smallest absolute Gasteiger partial charge is 0.270 e. The van der Waals surface area contributed by atoms with Crippen molar-refractivity contribution in [3.05, 3.63) is 38.6 Å². The molecule has 0 radical (unpaired) electrons. The molecule has 1 aliphatic heterocycles. The van der Waals surface area contributed by atoms with Gasteiger partial charge in [-0.15, -0.1) is 0 Å². The Kier molecular flexibility index (Phi) is 5.27. The topological polar surface area (TPSA) is 72.8 Å². The molecule has 1 aromatic heterocycles. The summed E-state index contributed by atoms with van der Waals surface area (Å²) in [5, 5.41) is 9.97. The molecule has 1 aromatic carbocycles. The molecule has 7 heteroatoms. The summed E-state index contributed by atoms with van der Waals surface area (Å²) in [6.07, 6.45) is 5.39. The summed E-state index contributed by atoms with van der Waals surface area (Å²) in [6, 6.07) is 7.98. The molecule has 0 unspecified atom stereocenters. The highest BCUT2D eigenvalue weighted by atomic mass is 79.9. The minimum absolute atomic E-state index is 0.0594. The summed E-state index contributed by atoms with van der Waals surface area (Å²) in [5.74, 6) is 0. The maximum absolute atomic E-state index is 12.2. The quantitative estimate of drug-likeness (QED) is 0.622. The zero-order chi connectivity index (χ0) is 17.1. The van der Waals surface area contributed by atoms with Gasteiger partial charge in [0.05, 0.1) is 5.69 Å². The zero-order valence-electron chi connectivity index (χ0n) is 13.3. The van der Waals surface area contributed by atoms with E-state index in [4.69, 9.17) is 0 Å². The predicted molar refractivity (Wildman–Crippen MR) is 101 cm³/mol. The molecular weight excluding hydrogens is 388 g/mol. The number of piperidine rings is 1. The molecule has 24 heavy (non-hydrogen) atoms. The Bertz CT molecular complexity index is 853. The van der Waals surface area contributed by atoms with Crippen LogP contribution in [0.15, 0.2) is 32.6 Å². The molecule has 0 amide bonds. The Labute approximate surface area is 153 Å². The number of aromatic amines is 1. The molecule has 1 aliphatic rings. The Morgan fingerprint density at radius 3 is 2.75 bits per heavy atom. The van der Waals surface area contributed by atoms with Crippen LogP contribution >= 0.6 is 27.7 Å². The average Bonchev–Trinajstić information content (AvgIpc) is 2.61. The minimum atomic E-state index is -0.392. The first-order valence-electron chi connectivity index (χ1n) is 7.77. The fourth-order valence-corrected chi connectivity index (χ4v) is 3.69. The Hall–Kier alpha value is -1.78. The summed E-state index contributed by atoms with van der Waals surface area (Å²) in [6.45, 7) is 1.96. The molecule has 5 nitrogen and oxygen atoms in total. The van der Waals surface area contributed by atoms with Crippen LogP contribution in [-0.2, 0) is 0 Å². The van der Waals surface area contributed by atoms with Gasteiger partial charge < -0.3 is 9.88 Å². The van der Waals surface area contributed by atoms with Crippen molar-refractivity contribution in [2.24, 2.45) is 0 Å². The van der Waals surface area contributed by atoms with Gasteiger partial charge in [-0.2, -0.15) is 5.26 Å². The third kappa shape index (κ3) is 3.35. The molecule has 2 heterocycles. The number of benzene rings is 1. The predicted octanol–water partition coefficient (Wildman–Crippen LogP) is 3.78. The van der Waals surface area contributed by atoms with Gasteiger partial charge in [-0.3, -0.25) is 4.79 Å². The van der Waals surface area contributed by atoms with E-state index < -0.39 is 5.56 Å². The van der Waals surface area contributed by atoms with E-state index in [1.165, 1.54) is 18.2 Å². The molecule has 0 saturated carbocycles. The summed E-state index contributed by atoms with van der Waals surface area (Å²) in [4.78, 5) is 21.7. The van der Waals surface area contributed by atoms with E-state index in [1.807, 2.05) is 30.5 Å². The Balaban J connectivity index is 2.22. The lowest BCUT2D eigenvalue weighted by molar-refractivity contribution is 0.578. The summed E-state index contributed by atoms with van der Waals surface area (Å²) < 4.78 is 0.898. The number of anilines is 1. The van der Waals surface area contributed by atoms with Crippen LogP contribution in [0.1, 0.15) is 24.8 Å². The largest absolute Gasteiger partial charge is 0.371 e. The molecule has 1 fully saturated rings. The monoisotopic (exact) mass is 404 g/mol. The highest BCUT2D eigenvalue weighted by Gasteiger charge is 2.20. The lowest BCUT2D eigenvalue weighted by Gasteiger charge is -2.30. The standard InChI is InChI=1S/C17H17BrN4OS/c1-24-17-20-15(13(10-19)16(23)21-17)12-9-11(18)5-6-14(12)22-7-3-2-4-8-22/h5-6,9H,2-4,7-8H2,1H3,(H,20,21,23). The summed E-state index contributed by atoms with van der Waals surface area (Å²) >= 11 is 4.85. The molecule has 2 aromatic rings. The highest BCUT2D eigenvalue weighted by molar-refractivity contribution is 9.10. The van der Waals surface area contributed by atoms with Crippen LogP contribution in [-0.4, -0.2) is 29.3 Å². The van der Waals surface area contributed by atoms with Crippen molar-refractivity contribution in [1.29, 1.82) is 5.26 Å². The second kappa shape index (κ2) is 7.41. The maximum Gasteiger partial charge on any atom is 0.270 e. The molecule has 0 spiro atoms. The van der Waals surface area contributed by atoms with Gasteiger partial charge >= 0.3 is 0 Å². The van der Waals surface area contributed by atoms with Crippen molar-refractivity contribution < 1.29 is 0 Å². The van der Waals surface area contributed by atoms with Crippen LogP contribution in [0.3, 0.4) is 0 Å². The van der Waals surface area contributed by atoms with Gasteiger partial charge in [0.15, 0.2) is 5.16 Å². The van der Waals surface area contributed by atoms with E-state index in [2.05, 4.69) is 30.8 Å². The van der Waals surface area contributed by atoms with Gasteiger partial charge in [-0.1, -0.05) is 27.7 Å². The second-order valence-electron chi connectivity index (χ2n) is 5.62.